The first-order valence-electron chi connectivity index (χ1n) is 11.8. The number of carbonyl (C=O) groups is 2. The van der Waals surface area contributed by atoms with Gasteiger partial charge in [0.25, 0.3) is 0 Å². The Bertz CT molecular complexity index is 697. The number of hydrogen-bond donors (Lipinski definition) is 2. The van der Waals surface area contributed by atoms with Crippen molar-refractivity contribution in [3.8, 4) is 0 Å². The number of guanidine groups is 1. The molecule has 3 fully saturated rings. The van der Waals surface area contributed by atoms with Crippen LogP contribution in [0, 0.1) is 23.7 Å². The summed E-state index contributed by atoms with van der Waals surface area (Å²) in [7, 11) is 0. The van der Waals surface area contributed by atoms with E-state index in [0.29, 0.717) is 25.2 Å². The van der Waals surface area contributed by atoms with Crippen LogP contribution in [0.15, 0.2) is 17.1 Å². The second kappa shape index (κ2) is 10.6. The van der Waals surface area contributed by atoms with Gasteiger partial charge in [0.1, 0.15) is 0 Å². The maximum Gasteiger partial charge on any atom is 0.233 e. The topological polar surface area (TPSA) is 77.0 Å². The number of nitrogens with one attached hydrogen (secondary N) is 2. The molecule has 31 heavy (non-hydrogen) atoms. The summed E-state index contributed by atoms with van der Waals surface area (Å²) in [4.78, 5) is 34.4. The lowest BCUT2D eigenvalue weighted by Gasteiger charge is -2.37. The lowest BCUT2D eigenvalue weighted by Crippen LogP contribution is -2.46. The molecule has 4 aliphatic rings. The summed E-state index contributed by atoms with van der Waals surface area (Å²) in [6.45, 7) is 10.2. The van der Waals surface area contributed by atoms with Gasteiger partial charge >= 0.3 is 0 Å². The fraction of sp³-hybridized carbons (Fsp3) is 0.783. The molecular formula is C23H38IN5O2. The minimum absolute atomic E-state index is 0. The van der Waals surface area contributed by atoms with Crippen LogP contribution in [0.5, 0.6) is 0 Å². The highest BCUT2D eigenvalue weighted by Crippen LogP contribution is 2.52. The zero-order valence-corrected chi connectivity index (χ0v) is 21.4. The van der Waals surface area contributed by atoms with E-state index < -0.39 is 0 Å². The van der Waals surface area contributed by atoms with Gasteiger partial charge in [-0.2, -0.15) is 0 Å². The van der Waals surface area contributed by atoms with Gasteiger partial charge in [0, 0.05) is 31.7 Å². The van der Waals surface area contributed by atoms with Gasteiger partial charge < -0.3 is 10.6 Å². The predicted molar refractivity (Wildman–Crippen MR) is 133 cm³/mol. The van der Waals surface area contributed by atoms with Gasteiger partial charge in [-0.25, -0.2) is 0 Å². The Kier molecular flexibility index (Phi) is 8.40. The minimum Gasteiger partial charge on any atom is -0.357 e. The fourth-order valence-electron chi connectivity index (χ4n) is 5.92. The van der Waals surface area contributed by atoms with Crippen molar-refractivity contribution in [1.29, 1.82) is 0 Å². The van der Waals surface area contributed by atoms with Gasteiger partial charge in [-0.15, -0.1) is 24.0 Å². The van der Waals surface area contributed by atoms with E-state index in [4.69, 9.17) is 4.99 Å². The molecule has 6 unspecified atom stereocenters. The van der Waals surface area contributed by atoms with Crippen molar-refractivity contribution in [3.05, 3.63) is 12.2 Å². The molecule has 2 saturated heterocycles. The van der Waals surface area contributed by atoms with E-state index in [1.54, 1.807) is 0 Å². The van der Waals surface area contributed by atoms with Gasteiger partial charge in [-0.1, -0.05) is 18.6 Å². The van der Waals surface area contributed by atoms with Crippen LogP contribution in [-0.4, -0.2) is 72.4 Å². The first-order chi connectivity index (χ1) is 14.5. The highest BCUT2D eigenvalue weighted by atomic mass is 127. The molecule has 2 amide bonds. The maximum absolute atomic E-state index is 12.8. The summed E-state index contributed by atoms with van der Waals surface area (Å²) in [5.41, 5.74) is 0. The van der Waals surface area contributed by atoms with E-state index in [0.717, 1.165) is 32.0 Å². The summed E-state index contributed by atoms with van der Waals surface area (Å²) >= 11 is 0. The third kappa shape index (κ3) is 4.94. The summed E-state index contributed by atoms with van der Waals surface area (Å²) in [6.07, 6.45) is 9.12. The average molecular weight is 543 g/mol. The number of carbonyl (C=O) groups excluding carboxylic acids is 2. The first-order valence-corrected chi connectivity index (χ1v) is 11.8. The number of rotatable bonds is 7. The lowest BCUT2D eigenvalue weighted by atomic mass is 9.85. The normalized spacial score (nSPS) is 33.5. The highest BCUT2D eigenvalue weighted by molar-refractivity contribution is 14.0. The Hall–Kier alpha value is -1.16. The Balaban J connectivity index is 0.00000272. The molecule has 174 valence electrons. The standard InChI is InChI=1S/C23H37N5O2.HI/c1-4-24-23(26-14-16(3)27-11-6-5-7-15(27)2)25-10-12-28-21(29)19-17-8-9-18(13-17)20(19)22(28)30;/h8-9,15-20H,4-7,10-14H2,1-3H3,(H2,24,25,26);1H. The molecule has 2 heterocycles. The van der Waals surface area contributed by atoms with E-state index in [2.05, 4.69) is 41.5 Å². The predicted octanol–water partition coefficient (Wildman–Crippen LogP) is 2.23. The molecule has 0 aromatic carbocycles. The maximum atomic E-state index is 12.8. The van der Waals surface area contributed by atoms with E-state index in [1.165, 1.54) is 24.2 Å². The molecule has 2 aliphatic carbocycles. The smallest absolute Gasteiger partial charge is 0.233 e. The molecule has 8 heteroatoms. The van der Waals surface area contributed by atoms with E-state index >= 15 is 0 Å². The van der Waals surface area contributed by atoms with E-state index in [9.17, 15) is 9.59 Å². The minimum atomic E-state index is -0.109. The molecule has 2 bridgehead atoms. The number of fused-ring (bicyclic) bond motifs is 5. The second-order valence-electron chi connectivity index (χ2n) is 9.41. The number of allylic oxidation sites excluding steroid dienone is 2. The number of hydrogen-bond acceptors (Lipinski definition) is 4. The van der Waals surface area contributed by atoms with Gasteiger partial charge in [0.2, 0.25) is 11.8 Å². The number of likely N-dealkylation sites (tertiary alicyclic amines) is 2. The van der Waals surface area contributed by atoms with Crippen molar-refractivity contribution in [1.82, 2.24) is 20.4 Å². The second-order valence-corrected chi connectivity index (χ2v) is 9.41. The number of halogens is 1. The largest absolute Gasteiger partial charge is 0.357 e. The van der Waals surface area contributed by atoms with E-state index in [1.807, 2.05) is 6.92 Å². The monoisotopic (exact) mass is 543 g/mol. The van der Waals surface area contributed by atoms with Crippen LogP contribution in [0.2, 0.25) is 0 Å². The molecule has 4 rings (SSSR count). The summed E-state index contributed by atoms with van der Waals surface area (Å²) < 4.78 is 0. The van der Waals surface area contributed by atoms with Crippen molar-refractivity contribution in [2.45, 2.75) is 58.5 Å². The van der Waals surface area contributed by atoms with Crippen LogP contribution in [0.25, 0.3) is 0 Å². The Morgan fingerprint density at radius 3 is 2.45 bits per heavy atom. The zero-order valence-electron chi connectivity index (χ0n) is 19.0. The summed E-state index contributed by atoms with van der Waals surface area (Å²) in [6, 6.07) is 1.02. The molecule has 2 aliphatic heterocycles. The molecule has 0 spiro atoms. The van der Waals surface area contributed by atoms with Crippen LogP contribution < -0.4 is 10.6 Å². The van der Waals surface area contributed by atoms with Crippen molar-refractivity contribution >= 4 is 41.8 Å². The van der Waals surface area contributed by atoms with Crippen LogP contribution in [0.4, 0.5) is 0 Å². The Labute approximate surface area is 203 Å². The molecule has 0 aromatic rings. The number of amides is 2. The summed E-state index contributed by atoms with van der Waals surface area (Å²) in [5, 5.41) is 6.61. The molecule has 0 aromatic heterocycles. The molecule has 2 N–H and O–H groups in total. The van der Waals surface area contributed by atoms with Crippen molar-refractivity contribution in [2.75, 3.05) is 32.7 Å². The Morgan fingerprint density at radius 2 is 1.84 bits per heavy atom. The van der Waals surface area contributed by atoms with Crippen molar-refractivity contribution in [2.24, 2.45) is 28.7 Å². The van der Waals surface area contributed by atoms with Gasteiger partial charge in [-0.05, 0) is 58.4 Å². The molecule has 6 atom stereocenters. The number of piperidine rings is 1. The van der Waals surface area contributed by atoms with Crippen LogP contribution >= 0.6 is 24.0 Å². The quantitative estimate of drug-likeness (QED) is 0.169. The van der Waals surface area contributed by atoms with Gasteiger partial charge in [0.15, 0.2) is 5.96 Å². The molecule has 0 radical (unpaired) electrons. The number of imide groups is 1. The number of nitrogens with zero attached hydrogens (tertiary/aromatic N) is 3. The average Bonchev–Trinajstić information content (AvgIpc) is 3.41. The van der Waals surface area contributed by atoms with Crippen LogP contribution in [0.3, 0.4) is 0 Å². The molecule has 1 saturated carbocycles. The third-order valence-corrected chi connectivity index (χ3v) is 7.47. The SMILES string of the molecule is CCNC(=NCC(C)N1CCCCC1C)NCCN1C(=O)C2C3C=CC(C3)C2C1=O.I. The third-order valence-electron chi connectivity index (χ3n) is 7.47. The van der Waals surface area contributed by atoms with Gasteiger partial charge in [-0.3, -0.25) is 24.4 Å². The number of aliphatic imine (C=N–C) groups is 1. The Morgan fingerprint density at radius 1 is 1.16 bits per heavy atom. The fourth-order valence-corrected chi connectivity index (χ4v) is 5.92. The van der Waals surface area contributed by atoms with Crippen LogP contribution in [0.1, 0.15) is 46.5 Å². The van der Waals surface area contributed by atoms with Crippen molar-refractivity contribution in [3.63, 3.8) is 0 Å². The molecule has 7 nitrogen and oxygen atoms in total. The van der Waals surface area contributed by atoms with Crippen molar-refractivity contribution < 1.29 is 9.59 Å². The van der Waals surface area contributed by atoms with Crippen LogP contribution in [-0.2, 0) is 9.59 Å². The zero-order chi connectivity index (χ0) is 21.3. The lowest BCUT2D eigenvalue weighted by molar-refractivity contribution is -0.140. The first kappa shape index (κ1) is 24.5. The highest BCUT2D eigenvalue weighted by Gasteiger charge is 2.58. The molecular weight excluding hydrogens is 505 g/mol. The van der Waals surface area contributed by atoms with E-state index in [-0.39, 0.29) is 59.5 Å². The summed E-state index contributed by atoms with van der Waals surface area (Å²) in [5.74, 6) is 1.13. The van der Waals surface area contributed by atoms with Gasteiger partial charge in [0.05, 0.1) is 18.4 Å².